The van der Waals surface area contributed by atoms with Crippen LogP contribution in [0.25, 0.3) is 17.2 Å². The van der Waals surface area contributed by atoms with Gasteiger partial charge in [0.25, 0.3) is 0 Å². The predicted octanol–water partition coefficient (Wildman–Crippen LogP) is 4.64. The molecule has 2 rings (SSSR count). The lowest BCUT2D eigenvalue weighted by atomic mass is 10.0. The standard InChI is InChI=1S/C16H15Cl2NO/c1-2-11-5-3-6-12(16(11)20-10-9-19)15-13(17)7-4-8-14(15)18/h2-8H,1,9-10,19H2. The van der Waals surface area contributed by atoms with Crippen molar-refractivity contribution in [1.82, 2.24) is 0 Å². The summed E-state index contributed by atoms with van der Waals surface area (Å²) in [6.45, 7) is 4.65. The van der Waals surface area contributed by atoms with Crippen LogP contribution in [-0.2, 0) is 0 Å². The lowest BCUT2D eigenvalue weighted by Crippen LogP contribution is -2.11. The quantitative estimate of drug-likeness (QED) is 0.873. The molecule has 0 unspecified atom stereocenters. The van der Waals surface area contributed by atoms with E-state index < -0.39 is 0 Å². The zero-order valence-electron chi connectivity index (χ0n) is 10.9. The second kappa shape index (κ2) is 6.80. The Morgan fingerprint density at radius 3 is 2.35 bits per heavy atom. The van der Waals surface area contributed by atoms with E-state index in [0.717, 1.165) is 16.7 Å². The number of para-hydroxylation sites is 1. The predicted molar refractivity (Wildman–Crippen MR) is 86.5 cm³/mol. The highest BCUT2D eigenvalue weighted by Gasteiger charge is 2.15. The molecule has 2 nitrogen and oxygen atoms in total. The number of rotatable bonds is 5. The van der Waals surface area contributed by atoms with Gasteiger partial charge in [0.15, 0.2) is 0 Å². The first kappa shape index (κ1) is 14.9. The van der Waals surface area contributed by atoms with Crippen molar-refractivity contribution in [2.24, 2.45) is 5.73 Å². The molecule has 0 bridgehead atoms. The number of hydrogen-bond acceptors (Lipinski definition) is 2. The number of nitrogens with two attached hydrogens (primary N) is 1. The lowest BCUT2D eigenvalue weighted by Gasteiger charge is -2.16. The van der Waals surface area contributed by atoms with Crippen molar-refractivity contribution >= 4 is 29.3 Å². The van der Waals surface area contributed by atoms with Crippen molar-refractivity contribution < 1.29 is 4.74 Å². The number of halogens is 2. The Balaban J connectivity index is 2.64. The first-order chi connectivity index (χ1) is 9.69. The molecule has 0 fully saturated rings. The molecule has 20 heavy (non-hydrogen) atoms. The van der Waals surface area contributed by atoms with Gasteiger partial charge >= 0.3 is 0 Å². The summed E-state index contributed by atoms with van der Waals surface area (Å²) >= 11 is 12.6. The molecule has 2 aromatic rings. The topological polar surface area (TPSA) is 35.2 Å². The minimum absolute atomic E-state index is 0.417. The van der Waals surface area contributed by atoms with Gasteiger partial charge in [-0.1, -0.05) is 60.1 Å². The fourth-order valence-corrected chi connectivity index (χ4v) is 2.59. The summed E-state index contributed by atoms with van der Waals surface area (Å²) in [5.74, 6) is 0.697. The molecule has 0 amide bonds. The Kier molecular flexibility index (Phi) is 5.07. The summed E-state index contributed by atoms with van der Waals surface area (Å²) in [4.78, 5) is 0. The Hall–Kier alpha value is -1.48. The van der Waals surface area contributed by atoms with Crippen LogP contribution in [0, 0.1) is 0 Å². The highest BCUT2D eigenvalue weighted by molar-refractivity contribution is 6.39. The van der Waals surface area contributed by atoms with E-state index >= 15 is 0 Å². The summed E-state index contributed by atoms with van der Waals surface area (Å²) in [5.41, 5.74) is 7.99. The molecule has 0 aliphatic rings. The van der Waals surface area contributed by atoms with Gasteiger partial charge in [0, 0.05) is 23.2 Å². The average Bonchev–Trinajstić information content (AvgIpc) is 2.45. The van der Waals surface area contributed by atoms with Crippen LogP contribution in [0.15, 0.2) is 43.0 Å². The van der Waals surface area contributed by atoms with E-state index in [4.69, 9.17) is 33.7 Å². The summed E-state index contributed by atoms with van der Waals surface area (Å²) in [6, 6.07) is 11.2. The minimum Gasteiger partial charge on any atom is -0.491 e. The molecular formula is C16H15Cl2NO. The summed E-state index contributed by atoms with van der Waals surface area (Å²) in [6.07, 6.45) is 1.74. The molecule has 0 heterocycles. The van der Waals surface area contributed by atoms with Crippen LogP contribution in [0.3, 0.4) is 0 Å². The van der Waals surface area contributed by atoms with Crippen LogP contribution in [0.1, 0.15) is 5.56 Å². The molecule has 0 atom stereocenters. The Morgan fingerprint density at radius 1 is 1.10 bits per heavy atom. The highest BCUT2D eigenvalue weighted by Crippen LogP contribution is 2.41. The van der Waals surface area contributed by atoms with Crippen LogP contribution < -0.4 is 10.5 Å². The lowest BCUT2D eigenvalue weighted by molar-refractivity contribution is 0.329. The highest BCUT2D eigenvalue weighted by atomic mass is 35.5. The maximum absolute atomic E-state index is 6.28. The number of hydrogen-bond donors (Lipinski definition) is 1. The molecular weight excluding hydrogens is 293 g/mol. The first-order valence-corrected chi connectivity index (χ1v) is 6.97. The molecule has 0 saturated heterocycles. The molecule has 2 aromatic carbocycles. The van der Waals surface area contributed by atoms with Crippen molar-refractivity contribution in [2.45, 2.75) is 0 Å². The Morgan fingerprint density at radius 2 is 1.75 bits per heavy atom. The van der Waals surface area contributed by atoms with Gasteiger partial charge in [-0.15, -0.1) is 0 Å². The monoisotopic (exact) mass is 307 g/mol. The van der Waals surface area contributed by atoms with Crippen LogP contribution in [-0.4, -0.2) is 13.2 Å². The van der Waals surface area contributed by atoms with Gasteiger partial charge in [-0.2, -0.15) is 0 Å². The van der Waals surface area contributed by atoms with Crippen molar-refractivity contribution in [3.63, 3.8) is 0 Å². The summed E-state index contributed by atoms with van der Waals surface area (Å²) in [7, 11) is 0. The van der Waals surface area contributed by atoms with E-state index in [1.807, 2.05) is 24.3 Å². The molecule has 104 valence electrons. The molecule has 0 saturated carbocycles. The third-order valence-corrected chi connectivity index (χ3v) is 3.49. The van der Waals surface area contributed by atoms with Crippen molar-refractivity contribution in [3.8, 4) is 16.9 Å². The second-order valence-electron chi connectivity index (χ2n) is 4.16. The van der Waals surface area contributed by atoms with Gasteiger partial charge < -0.3 is 10.5 Å². The molecule has 0 radical (unpaired) electrons. The minimum atomic E-state index is 0.417. The van der Waals surface area contributed by atoms with E-state index in [9.17, 15) is 0 Å². The van der Waals surface area contributed by atoms with Gasteiger partial charge in [0.2, 0.25) is 0 Å². The van der Waals surface area contributed by atoms with E-state index in [2.05, 4.69) is 6.58 Å². The summed E-state index contributed by atoms with van der Waals surface area (Å²) in [5, 5.41) is 1.16. The van der Waals surface area contributed by atoms with Crippen molar-refractivity contribution in [2.75, 3.05) is 13.2 Å². The maximum atomic E-state index is 6.28. The fourth-order valence-electron chi connectivity index (χ4n) is 1.99. The SMILES string of the molecule is C=Cc1cccc(-c2c(Cl)cccc2Cl)c1OCCN. The Bertz CT molecular complexity index is 606. The van der Waals surface area contributed by atoms with Crippen LogP contribution in [0.2, 0.25) is 10.0 Å². The normalized spacial score (nSPS) is 10.3. The molecule has 0 aliphatic heterocycles. The molecule has 2 N–H and O–H groups in total. The number of benzene rings is 2. The van der Waals surface area contributed by atoms with Crippen LogP contribution >= 0.6 is 23.2 Å². The number of ether oxygens (including phenoxy) is 1. The van der Waals surface area contributed by atoms with Crippen LogP contribution in [0.4, 0.5) is 0 Å². The maximum Gasteiger partial charge on any atom is 0.134 e. The fraction of sp³-hybridized carbons (Fsp3) is 0.125. The average molecular weight is 308 g/mol. The van der Waals surface area contributed by atoms with Gasteiger partial charge in [-0.3, -0.25) is 0 Å². The van der Waals surface area contributed by atoms with Gasteiger partial charge in [-0.05, 0) is 12.1 Å². The van der Waals surface area contributed by atoms with Gasteiger partial charge in [-0.25, -0.2) is 0 Å². The second-order valence-corrected chi connectivity index (χ2v) is 4.98. The molecule has 0 aromatic heterocycles. The summed E-state index contributed by atoms with van der Waals surface area (Å²) < 4.78 is 5.76. The molecule has 0 aliphatic carbocycles. The molecule has 4 heteroatoms. The Labute approximate surface area is 128 Å². The zero-order chi connectivity index (χ0) is 14.5. The van der Waals surface area contributed by atoms with E-state index in [1.165, 1.54) is 0 Å². The largest absolute Gasteiger partial charge is 0.491 e. The van der Waals surface area contributed by atoms with Crippen molar-refractivity contribution in [1.29, 1.82) is 0 Å². The smallest absolute Gasteiger partial charge is 0.134 e. The third kappa shape index (κ3) is 2.98. The molecule has 0 spiro atoms. The zero-order valence-corrected chi connectivity index (χ0v) is 12.4. The van der Waals surface area contributed by atoms with Crippen molar-refractivity contribution in [3.05, 3.63) is 58.6 Å². The van der Waals surface area contributed by atoms with E-state index in [1.54, 1.807) is 18.2 Å². The van der Waals surface area contributed by atoms with Gasteiger partial charge in [0.05, 0.1) is 10.0 Å². The van der Waals surface area contributed by atoms with E-state index in [0.29, 0.717) is 28.9 Å². The van der Waals surface area contributed by atoms with Gasteiger partial charge in [0.1, 0.15) is 12.4 Å². The third-order valence-electron chi connectivity index (χ3n) is 2.86. The van der Waals surface area contributed by atoms with E-state index in [-0.39, 0.29) is 0 Å². The van der Waals surface area contributed by atoms with Crippen LogP contribution in [0.5, 0.6) is 5.75 Å². The first-order valence-electron chi connectivity index (χ1n) is 6.21.